The van der Waals surface area contributed by atoms with Crippen LogP contribution in [0.4, 0.5) is 0 Å². The van der Waals surface area contributed by atoms with Crippen LogP contribution in [0.15, 0.2) is 47.3 Å². The number of amides is 1. The minimum absolute atomic E-state index is 0.183. The highest BCUT2D eigenvalue weighted by molar-refractivity contribution is 5.82. The maximum Gasteiger partial charge on any atom is 0.326 e. The van der Waals surface area contributed by atoms with Crippen molar-refractivity contribution in [1.29, 1.82) is 0 Å². The molecule has 30 heavy (non-hydrogen) atoms. The van der Waals surface area contributed by atoms with Crippen LogP contribution in [-0.2, 0) is 20.9 Å². The molecule has 0 radical (unpaired) electrons. The molecule has 162 valence electrons. The fourth-order valence-corrected chi connectivity index (χ4v) is 2.70. The minimum Gasteiger partial charge on any atom is -0.459 e. The molecule has 0 atom stereocenters. The van der Waals surface area contributed by atoms with Gasteiger partial charge < -0.3 is 14.5 Å². The molecule has 2 rings (SSSR count). The number of carbonyl (C=O) groups excluding carboxylic acids is 2. The zero-order chi connectivity index (χ0) is 22.3. The van der Waals surface area contributed by atoms with Gasteiger partial charge in [0.25, 0.3) is 5.56 Å². The molecule has 0 aliphatic rings. The largest absolute Gasteiger partial charge is 0.459 e. The third-order valence-electron chi connectivity index (χ3n) is 4.13. The highest BCUT2D eigenvalue weighted by atomic mass is 16.6. The first-order chi connectivity index (χ1) is 14.0. The number of ether oxygens (including phenoxy) is 1. The molecule has 0 N–H and O–H groups in total. The van der Waals surface area contributed by atoms with E-state index >= 15 is 0 Å². The second-order valence-corrected chi connectivity index (χ2v) is 8.29. The van der Waals surface area contributed by atoms with Crippen LogP contribution in [0.25, 0.3) is 11.3 Å². The van der Waals surface area contributed by atoms with Gasteiger partial charge in [-0.2, -0.15) is 5.10 Å². The van der Waals surface area contributed by atoms with Crippen LogP contribution in [0.1, 0.15) is 20.8 Å². The third-order valence-corrected chi connectivity index (χ3v) is 4.13. The summed E-state index contributed by atoms with van der Waals surface area (Å²) in [5, 5.41) is 4.33. The van der Waals surface area contributed by atoms with Crippen LogP contribution in [0.2, 0.25) is 0 Å². The minimum atomic E-state index is -0.643. The first-order valence-electron chi connectivity index (χ1n) is 9.83. The molecule has 1 aromatic heterocycles. The number of hydrogen-bond acceptors (Lipinski definition) is 6. The van der Waals surface area contributed by atoms with Crippen molar-refractivity contribution >= 4 is 11.9 Å². The van der Waals surface area contributed by atoms with Crippen molar-refractivity contribution in [2.75, 3.05) is 33.7 Å². The zero-order valence-corrected chi connectivity index (χ0v) is 18.3. The topological polar surface area (TPSA) is 84.7 Å². The van der Waals surface area contributed by atoms with Crippen LogP contribution >= 0.6 is 0 Å². The summed E-state index contributed by atoms with van der Waals surface area (Å²) in [4.78, 5) is 40.8. The maximum atomic E-state index is 12.9. The predicted octanol–water partition coefficient (Wildman–Crippen LogP) is 1.64. The molecule has 0 unspecified atom stereocenters. The SMILES string of the molecule is CN(C)CCN(CC(=O)OC(C)(C)C)C(=O)Cn1nc(-c2ccccc2)ccc1=O. The average molecular weight is 415 g/mol. The normalized spacial score (nSPS) is 11.4. The number of hydrogen-bond donors (Lipinski definition) is 0. The van der Waals surface area contributed by atoms with Gasteiger partial charge in [0.1, 0.15) is 18.7 Å². The Bertz CT molecular complexity index is 917. The van der Waals surface area contributed by atoms with E-state index in [9.17, 15) is 14.4 Å². The molecule has 2 aromatic rings. The molecule has 0 aliphatic carbocycles. The Kier molecular flexibility index (Phi) is 7.88. The van der Waals surface area contributed by atoms with Crippen molar-refractivity contribution in [3.05, 3.63) is 52.8 Å². The summed E-state index contributed by atoms with van der Waals surface area (Å²) in [6.45, 7) is 5.78. The van der Waals surface area contributed by atoms with Crippen molar-refractivity contribution in [2.45, 2.75) is 32.9 Å². The lowest BCUT2D eigenvalue weighted by Gasteiger charge is -2.26. The molecule has 0 saturated heterocycles. The lowest BCUT2D eigenvalue weighted by Crippen LogP contribution is -2.44. The molecule has 0 spiro atoms. The quantitative estimate of drug-likeness (QED) is 0.611. The van der Waals surface area contributed by atoms with Gasteiger partial charge in [-0.1, -0.05) is 30.3 Å². The number of rotatable bonds is 8. The fourth-order valence-electron chi connectivity index (χ4n) is 2.70. The van der Waals surface area contributed by atoms with E-state index in [0.717, 1.165) is 10.2 Å². The van der Waals surface area contributed by atoms with Gasteiger partial charge in [-0.05, 0) is 40.9 Å². The van der Waals surface area contributed by atoms with Gasteiger partial charge in [-0.15, -0.1) is 0 Å². The molecule has 1 aromatic carbocycles. The van der Waals surface area contributed by atoms with Gasteiger partial charge in [0.15, 0.2) is 0 Å². The summed E-state index contributed by atoms with van der Waals surface area (Å²) in [6, 6.07) is 12.4. The second-order valence-electron chi connectivity index (χ2n) is 8.29. The number of likely N-dealkylation sites (N-methyl/N-ethyl adjacent to an activating group) is 1. The maximum absolute atomic E-state index is 12.9. The summed E-state index contributed by atoms with van der Waals surface area (Å²) >= 11 is 0. The molecular weight excluding hydrogens is 384 g/mol. The van der Waals surface area contributed by atoms with E-state index in [-0.39, 0.29) is 24.6 Å². The second kappa shape index (κ2) is 10.2. The molecular formula is C22H30N4O4. The van der Waals surface area contributed by atoms with E-state index in [1.54, 1.807) is 26.8 Å². The first-order valence-corrected chi connectivity index (χ1v) is 9.83. The van der Waals surface area contributed by atoms with E-state index in [1.165, 1.54) is 11.0 Å². The van der Waals surface area contributed by atoms with Gasteiger partial charge in [-0.25, -0.2) is 4.68 Å². The lowest BCUT2D eigenvalue weighted by molar-refractivity contribution is -0.159. The van der Waals surface area contributed by atoms with E-state index < -0.39 is 11.6 Å². The standard InChI is InChI=1S/C22H30N4O4/c1-22(2,3)30-21(29)16-25(14-13-24(4)5)20(28)15-26-19(27)12-11-18(23-26)17-9-7-6-8-10-17/h6-12H,13-16H2,1-5H3. The van der Waals surface area contributed by atoms with Crippen LogP contribution in [-0.4, -0.2) is 70.8 Å². The van der Waals surface area contributed by atoms with Crippen LogP contribution in [0.5, 0.6) is 0 Å². The summed E-state index contributed by atoms with van der Waals surface area (Å²) in [7, 11) is 3.76. The Hall–Kier alpha value is -3.00. The van der Waals surface area contributed by atoms with Crippen LogP contribution in [0, 0.1) is 0 Å². The first kappa shape index (κ1) is 23.3. The fraction of sp³-hybridized carbons (Fsp3) is 0.455. The predicted molar refractivity (Wildman–Crippen MR) is 115 cm³/mol. The molecule has 8 heteroatoms. The highest BCUT2D eigenvalue weighted by Crippen LogP contribution is 2.14. The Morgan fingerprint density at radius 1 is 1.03 bits per heavy atom. The van der Waals surface area contributed by atoms with Gasteiger partial charge in [0, 0.05) is 24.7 Å². The summed E-state index contributed by atoms with van der Waals surface area (Å²) < 4.78 is 6.47. The van der Waals surface area contributed by atoms with Crippen molar-refractivity contribution in [2.24, 2.45) is 0 Å². The third kappa shape index (κ3) is 7.44. The van der Waals surface area contributed by atoms with Gasteiger partial charge in [0.2, 0.25) is 5.91 Å². The lowest BCUT2D eigenvalue weighted by atomic mass is 10.1. The smallest absolute Gasteiger partial charge is 0.326 e. The van der Waals surface area contributed by atoms with Crippen molar-refractivity contribution in [3.8, 4) is 11.3 Å². The number of aromatic nitrogens is 2. The van der Waals surface area contributed by atoms with E-state index in [0.29, 0.717) is 18.8 Å². The Labute approximate surface area is 177 Å². The molecule has 0 aliphatic heterocycles. The molecule has 1 heterocycles. The summed E-state index contributed by atoms with van der Waals surface area (Å²) in [5.41, 5.74) is 0.412. The van der Waals surface area contributed by atoms with Gasteiger partial charge in [-0.3, -0.25) is 14.4 Å². The molecule has 1 amide bonds. The average Bonchev–Trinajstić information content (AvgIpc) is 2.66. The zero-order valence-electron chi connectivity index (χ0n) is 18.3. The summed E-state index contributed by atoms with van der Waals surface area (Å²) in [6.07, 6.45) is 0. The van der Waals surface area contributed by atoms with Crippen molar-refractivity contribution in [3.63, 3.8) is 0 Å². The van der Waals surface area contributed by atoms with Crippen LogP contribution in [0.3, 0.4) is 0 Å². The monoisotopic (exact) mass is 414 g/mol. The molecule has 0 saturated carbocycles. The number of carbonyl (C=O) groups is 2. The van der Waals surface area contributed by atoms with Crippen molar-refractivity contribution < 1.29 is 14.3 Å². The number of nitrogens with zero attached hydrogens (tertiary/aromatic N) is 4. The Morgan fingerprint density at radius 3 is 2.30 bits per heavy atom. The van der Waals surface area contributed by atoms with Crippen LogP contribution < -0.4 is 5.56 Å². The number of benzene rings is 1. The van der Waals surface area contributed by atoms with Gasteiger partial charge in [0.05, 0.1) is 5.69 Å². The van der Waals surface area contributed by atoms with Crippen molar-refractivity contribution in [1.82, 2.24) is 19.6 Å². The van der Waals surface area contributed by atoms with Gasteiger partial charge >= 0.3 is 5.97 Å². The highest BCUT2D eigenvalue weighted by Gasteiger charge is 2.23. The van der Waals surface area contributed by atoms with E-state index in [4.69, 9.17) is 4.74 Å². The van der Waals surface area contributed by atoms with E-state index in [2.05, 4.69) is 5.10 Å². The van der Waals surface area contributed by atoms with E-state index in [1.807, 2.05) is 49.3 Å². The molecule has 0 fully saturated rings. The molecule has 0 bridgehead atoms. The Morgan fingerprint density at radius 2 is 1.70 bits per heavy atom. The summed E-state index contributed by atoms with van der Waals surface area (Å²) in [5.74, 6) is -0.865. The number of esters is 1. The molecule has 8 nitrogen and oxygen atoms in total. The Balaban J connectivity index is 2.19.